The van der Waals surface area contributed by atoms with Gasteiger partial charge in [-0.2, -0.15) is 0 Å². The molecule has 0 aliphatic carbocycles. The standard InChI is InChI=1S/C11H13FN2O.ClH/c12-9-1-3-10(4-2-9)14-7-8(6-13)5-11(14)15;/h1-4,8H,5-7,13H2;1H. The van der Waals surface area contributed by atoms with E-state index in [4.69, 9.17) is 5.73 Å². The zero-order chi connectivity index (χ0) is 10.8. The van der Waals surface area contributed by atoms with Gasteiger partial charge >= 0.3 is 0 Å². The molecule has 1 unspecified atom stereocenters. The molecule has 1 aliphatic rings. The first-order chi connectivity index (χ1) is 7.20. The van der Waals surface area contributed by atoms with E-state index in [-0.39, 0.29) is 30.0 Å². The minimum atomic E-state index is -0.291. The van der Waals surface area contributed by atoms with Crippen LogP contribution < -0.4 is 10.6 Å². The molecule has 1 aliphatic heterocycles. The van der Waals surface area contributed by atoms with Crippen LogP contribution in [0.3, 0.4) is 0 Å². The molecule has 0 aromatic heterocycles. The van der Waals surface area contributed by atoms with Crippen LogP contribution in [0.15, 0.2) is 24.3 Å². The van der Waals surface area contributed by atoms with Crippen molar-refractivity contribution in [2.75, 3.05) is 18.0 Å². The Hall–Kier alpha value is -1.13. The number of nitrogens with two attached hydrogens (primary N) is 1. The zero-order valence-corrected chi connectivity index (χ0v) is 9.54. The predicted molar refractivity (Wildman–Crippen MR) is 63.2 cm³/mol. The number of nitrogens with zero attached hydrogens (tertiary/aromatic N) is 1. The molecule has 0 bridgehead atoms. The third-order valence-corrected chi connectivity index (χ3v) is 2.68. The molecule has 2 rings (SSSR count). The summed E-state index contributed by atoms with van der Waals surface area (Å²) in [5, 5.41) is 0. The molecule has 88 valence electrons. The van der Waals surface area contributed by atoms with Gasteiger partial charge in [0.25, 0.3) is 0 Å². The first kappa shape index (κ1) is 12.9. The third-order valence-electron chi connectivity index (χ3n) is 2.68. The van der Waals surface area contributed by atoms with E-state index < -0.39 is 0 Å². The van der Waals surface area contributed by atoms with Crippen molar-refractivity contribution in [3.63, 3.8) is 0 Å². The molecule has 1 heterocycles. The maximum absolute atomic E-state index is 12.7. The van der Waals surface area contributed by atoms with Crippen molar-refractivity contribution in [1.29, 1.82) is 0 Å². The molecule has 5 heteroatoms. The number of hydrogen-bond acceptors (Lipinski definition) is 2. The van der Waals surface area contributed by atoms with E-state index in [1.54, 1.807) is 17.0 Å². The van der Waals surface area contributed by atoms with Crippen molar-refractivity contribution in [3.05, 3.63) is 30.1 Å². The highest BCUT2D eigenvalue weighted by atomic mass is 35.5. The number of carbonyl (C=O) groups excluding carboxylic acids is 1. The van der Waals surface area contributed by atoms with Crippen molar-refractivity contribution in [2.24, 2.45) is 11.7 Å². The highest BCUT2D eigenvalue weighted by molar-refractivity contribution is 5.95. The first-order valence-corrected chi connectivity index (χ1v) is 4.96. The minimum absolute atomic E-state index is 0. The van der Waals surface area contributed by atoms with Crippen LogP contribution in [0.25, 0.3) is 0 Å². The van der Waals surface area contributed by atoms with Gasteiger partial charge < -0.3 is 10.6 Å². The fraction of sp³-hybridized carbons (Fsp3) is 0.364. The Bertz CT molecular complexity index is 369. The van der Waals surface area contributed by atoms with Crippen LogP contribution >= 0.6 is 12.4 Å². The number of hydrogen-bond donors (Lipinski definition) is 1. The lowest BCUT2D eigenvalue weighted by atomic mass is 10.1. The topological polar surface area (TPSA) is 46.3 Å². The van der Waals surface area contributed by atoms with Crippen molar-refractivity contribution in [2.45, 2.75) is 6.42 Å². The van der Waals surface area contributed by atoms with Crippen molar-refractivity contribution < 1.29 is 9.18 Å². The fourth-order valence-corrected chi connectivity index (χ4v) is 1.81. The lowest BCUT2D eigenvalue weighted by molar-refractivity contribution is -0.117. The van der Waals surface area contributed by atoms with Gasteiger partial charge in [0.15, 0.2) is 0 Å². The summed E-state index contributed by atoms with van der Waals surface area (Å²) in [5.41, 5.74) is 6.27. The number of carbonyl (C=O) groups is 1. The summed E-state index contributed by atoms with van der Waals surface area (Å²) in [6.07, 6.45) is 0.494. The summed E-state index contributed by atoms with van der Waals surface area (Å²) in [6.45, 7) is 1.16. The SMILES string of the molecule is Cl.NCC1CC(=O)N(c2ccc(F)cc2)C1. The van der Waals surface area contributed by atoms with Gasteiger partial charge in [-0.1, -0.05) is 0 Å². The molecule has 1 aromatic rings. The average molecular weight is 245 g/mol. The Morgan fingerprint density at radius 3 is 2.50 bits per heavy atom. The molecule has 0 radical (unpaired) electrons. The van der Waals surface area contributed by atoms with Gasteiger partial charge in [0.05, 0.1) is 0 Å². The fourth-order valence-electron chi connectivity index (χ4n) is 1.81. The second-order valence-electron chi connectivity index (χ2n) is 3.79. The minimum Gasteiger partial charge on any atom is -0.330 e. The normalized spacial score (nSPS) is 19.8. The number of amides is 1. The molecule has 3 nitrogen and oxygen atoms in total. The molecule has 1 aromatic carbocycles. The molecule has 1 saturated heterocycles. The molecule has 1 amide bonds. The van der Waals surface area contributed by atoms with Gasteiger partial charge in [0, 0.05) is 18.7 Å². The maximum Gasteiger partial charge on any atom is 0.227 e. The molecule has 1 fully saturated rings. The van der Waals surface area contributed by atoms with E-state index in [1.165, 1.54) is 12.1 Å². The number of benzene rings is 1. The van der Waals surface area contributed by atoms with Crippen LogP contribution in [0.2, 0.25) is 0 Å². The number of rotatable bonds is 2. The molecular formula is C11H14ClFN2O. The second-order valence-corrected chi connectivity index (χ2v) is 3.79. The lowest BCUT2D eigenvalue weighted by Gasteiger charge is -2.16. The van der Waals surface area contributed by atoms with Gasteiger partial charge in [-0.05, 0) is 36.7 Å². The van der Waals surface area contributed by atoms with Crippen LogP contribution in [0.1, 0.15) is 6.42 Å². The van der Waals surface area contributed by atoms with E-state index in [0.717, 1.165) is 5.69 Å². The Labute approximate surface area is 99.8 Å². The van der Waals surface area contributed by atoms with Gasteiger partial charge in [-0.15, -0.1) is 12.4 Å². The highest BCUT2D eigenvalue weighted by Gasteiger charge is 2.29. The van der Waals surface area contributed by atoms with Crippen LogP contribution in [0.5, 0.6) is 0 Å². The molecule has 16 heavy (non-hydrogen) atoms. The largest absolute Gasteiger partial charge is 0.330 e. The summed E-state index contributed by atoms with van der Waals surface area (Å²) in [5.74, 6) is 0.000354. The molecule has 2 N–H and O–H groups in total. The van der Waals surface area contributed by atoms with Gasteiger partial charge in [0.1, 0.15) is 5.82 Å². The Morgan fingerprint density at radius 1 is 1.38 bits per heavy atom. The van der Waals surface area contributed by atoms with Gasteiger partial charge in [0.2, 0.25) is 5.91 Å². The van der Waals surface area contributed by atoms with Crippen LogP contribution in [0, 0.1) is 11.7 Å². The highest BCUT2D eigenvalue weighted by Crippen LogP contribution is 2.24. The zero-order valence-electron chi connectivity index (χ0n) is 8.73. The number of halogens is 2. The smallest absolute Gasteiger partial charge is 0.227 e. The molecular weight excluding hydrogens is 231 g/mol. The maximum atomic E-state index is 12.7. The van der Waals surface area contributed by atoms with E-state index in [0.29, 0.717) is 19.5 Å². The lowest BCUT2D eigenvalue weighted by Crippen LogP contribution is -2.25. The molecule has 0 saturated carbocycles. The van der Waals surface area contributed by atoms with Crippen molar-refractivity contribution in [3.8, 4) is 0 Å². The summed E-state index contributed by atoms with van der Waals surface area (Å²) < 4.78 is 12.7. The predicted octanol–water partition coefficient (Wildman–Crippen LogP) is 1.56. The Kier molecular flexibility index (Phi) is 4.26. The monoisotopic (exact) mass is 244 g/mol. The average Bonchev–Trinajstić information content (AvgIpc) is 2.61. The van der Waals surface area contributed by atoms with E-state index in [2.05, 4.69) is 0 Å². The van der Waals surface area contributed by atoms with Crippen molar-refractivity contribution in [1.82, 2.24) is 0 Å². The van der Waals surface area contributed by atoms with Crippen LogP contribution in [-0.4, -0.2) is 19.0 Å². The van der Waals surface area contributed by atoms with Gasteiger partial charge in [-0.25, -0.2) is 4.39 Å². The Morgan fingerprint density at radius 2 is 2.00 bits per heavy atom. The first-order valence-electron chi connectivity index (χ1n) is 4.96. The molecule has 0 spiro atoms. The van der Waals surface area contributed by atoms with Crippen molar-refractivity contribution >= 4 is 24.0 Å². The number of anilines is 1. The van der Waals surface area contributed by atoms with Gasteiger partial charge in [-0.3, -0.25) is 4.79 Å². The van der Waals surface area contributed by atoms with Crippen LogP contribution in [0.4, 0.5) is 10.1 Å². The summed E-state index contributed by atoms with van der Waals surface area (Å²) in [7, 11) is 0. The molecule has 1 atom stereocenters. The van der Waals surface area contributed by atoms with E-state index >= 15 is 0 Å². The summed E-state index contributed by atoms with van der Waals surface area (Å²) in [4.78, 5) is 13.3. The second kappa shape index (κ2) is 5.27. The van der Waals surface area contributed by atoms with E-state index in [9.17, 15) is 9.18 Å². The summed E-state index contributed by atoms with van der Waals surface area (Å²) in [6, 6.07) is 5.95. The van der Waals surface area contributed by atoms with Crippen LogP contribution in [-0.2, 0) is 4.79 Å². The Balaban J connectivity index is 0.00000128. The quantitative estimate of drug-likeness (QED) is 0.858. The third kappa shape index (κ3) is 2.51. The van der Waals surface area contributed by atoms with E-state index in [1.807, 2.05) is 0 Å². The summed E-state index contributed by atoms with van der Waals surface area (Å²) >= 11 is 0.